The van der Waals surface area contributed by atoms with Crippen LogP contribution in [0.3, 0.4) is 0 Å². The van der Waals surface area contributed by atoms with E-state index >= 15 is 0 Å². The van der Waals surface area contributed by atoms with Gasteiger partial charge in [-0.05, 0) is 6.07 Å². The second-order valence-corrected chi connectivity index (χ2v) is 4.45. The molecule has 0 radical (unpaired) electrons. The zero-order chi connectivity index (χ0) is 9.31. The van der Waals surface area contributed by atoms with Gasteiger partial charge in [-0.3, -0.25) is 4.98 Å². The molecule has 2 rings (SSSR count). The third kappa shape index (κ3) is 1.59. The van der Waals surface area contributed by atoms with Gasteiger partial charge in [0, 0.05) is 30.8 Å². The van der Waals surface area contributed by atoms with Gasteiger partial charge in [0.2, 0.25) is 0 Å². The molecular weight excluding hydrogens is 160 g/mol. The molecule has 1 saturated heterocycles. The molecule has 2 heterocycles. The van der Waals surface area contributed by atoms with E-state index in [1.165, 1.54) is 24.9 Å². The highest BCUT2D eigenvalue weighted by Crippen LogP contribution is 2.35. The van der Waals surface area contributed by atoms with E-state index in [2.05, 4.69) is 25.1 Å². The van der Waals surface area contributed by atoms with Crippen molar-refractivity contribution in [2.75, 3.05) is 20.6 Å². The van der Waals surface area contributed by atoms with E-state index in [1.54, 1.807) is 0 Å². The molecule has 1 aliphatic heterocycles. The molecule has 70 valence electrons. The smallest absolute Gasteiger partial charge is 0.116 e. The fourth-order valence-corrected chi connectivity index (χ4v) is 2.34. The van der Waals surface area contributed by atoms with Gasteiger partial charge in [-0.2, -0.15) is 0 Å². The molecule has 0 bridgehead atoms. The van der Waals surface area contributed by atoms with Gasteiger partial charge in [0.25, 0.3) is 0 Å². The van der Waals surface area contributed by atoms with Gasteiger partial charge in [0.1, 0.15) is 6.04 Å². The number of hydrogen-bond donors (Lipinski definition) is 0. The van der Waals surface area contributed by atoms with E-state index in [4.69, 9.17) is 0 Å². The third-order valence-corrected chi connectivity index (χ3v) is 3.12. The lowest BCUT2D eigenvalue weighted by Crippen LogP contribution is -2.38. The minimum absolute atomic E-state index is 0.661. The lowest BCUT2D eigenvalue weighted by Gasteiger charge is -2.31. The molecule has 0 saturated carbocycles. The Morgan fingerprint density at radius 1 is 1.46 bits per heavy atom. The Labute approximate surface area is 79.8 Å². The largest absolute Gasteiger partial charge is 0.322 e. The van der Waals surface area contributed by atoms with E-state index in [-0.39, 0.29) is 0 Å². The summed E-state index contributed by atoms with van der Waals surface area (Å²) in [5.41, 5.74) is 1.39. The summed E-state index contributed by atoms with van der Waals surface area (Å²) in [7, 11) is 4.62. The lowest BCUT2D eigenvalue weighted by molar-refractivity contribution is -0.908. The van der Waals surface area contributed by atoms with Crippen molar-refractivity contribution in [2.45, 2.75) is 18.9 Å². The van der Waals surface area contributed by atoms with Crippen LogP contribution in [0.5, 0.6) is 0 Å². The van der Waals surface area contributed by atoms with Gasteiger partial charge >= 0.3 is 0 Å². The van der Waals surface area contributed by atoms with Crippen molar-refractivity contribution < 1.29 is 4.48 Å². The summed E-state index contributed by atoms with van der Waals surface area (Å²) in [5, 5.41) is 0. The summed E-state index contributed by atoms with van der Waals surface area (Å²) in [6, 6.07) is 4.89. The minimum atomic E-state index is 0.661. The number of nitrogens with zero attached hydrogens (tertiary/aromatic N) is 2. The van der Waals surface area contributed by atoms with Gasteiger partial charge in [0.15, 0.2) is 0 Å². The zero-order valence-electron chi connectivity index (χ0n) is 8.40. The van der Waals surface area contributed by atoms with E-state index in [0.717, 1.165) is 4.48 Å². The fourth-order valence-electron chi connectivity index (χ4n) is 2.34. The van der Waals surface area contributed by atoms with Crippen molar-refractivity contribution in [2.24, 2.45) is 0 Å². The summed E-state index contributed by atoms with van der Waals surface area (Å²) >= 11 is 0. The molecule has 0 spiro atoms. The average molecular weight is 177 g/mol. The van der Waals surface area contributed by atoms with Gasteiger partial charge in [-0.1, -0.05) is 6.07 Å². The molecule has 2 nitrogen and oxygen atoms in total. The third-order valence-electron chi connectivity index (χ3n) is 3.12. The van der Waals surface area contributed by atoms with Crippen LogP contribution in [0.25, 0.3) is 0 Å². The molecule has 1 atom stereocenters. The van der Waals surface area contributed by atoms with Crippen molar-refractivity contribution in [3.05, 3.63) is 30.1 Å². The average Bonchev–Trinajstić information content (AvgIpc) is 2.47. The molecule has 0 aromatic carbocycles. The van der Waals surface area contributed by atoms with E-state index in [0.29, 0.717) is 6.04 Å². The Bertz CT molecular complexity index is 279. The Balaban J connectivity index is 2.27. The van der Waals surface area contributed by atoms with Crippen LogP contribution < -0.4 is 0 Å². The van der Waals surface area contributed by atoms with Gasteiger partial charge < -0.3 is 4.48 Å². The maximum atomic E-state index is 4.18. The van der Waals surface area contributed by atoms with Crippen LogP contribution in [0.4, 0.5) is 0 Å². The first-order valence-corrected chi connectivity index (χ1v) is 4.93. The molecule has 0 amide bonds. The molecule has 2 heteroatoms. The lowest BCUT2D eigenvalue weighted by atomic mass is 10.1. The molecule has 13 heavy (non-hydrogen) atoms. The fraction of sp³-hybridized carbons (Fsp3) is 0.545. The number of quaternary nitrogens is 1. The van der Waals surface area contributed by atoms with Crippen LogP contribution >= 0.6 is 0 Å². The standard InChI is InChI=1S/C11H17N2/c1-13(2)8-4-6-11(13)10-5-3-7-12-9-10/h3,5,7,9,11H,4,6,8H2,1-2H3/q+1/t11-/m1/s1. The Morgan fingerprint density at radius 2 is 2.31 bits per heavy atom. The zero-order valence-corrected chi connectivity index (χ0v) is 8.40. The molecular formula is C11H17N2+. The highest BCUT2D eigenvalue weighted by molar-refractivity contribution is 5.12. The normalized spacial score (nSPS) is 26.2. The summed E-state index contributed by atoms with van der Waals surface area (Å²) < 4.78 is 1.12. The predicted octanol–water partition coefficient (Wildman–Crippen LogP) is 1.99. The monoisotopic (exact) mass is 177 g/mol. The number of hydrogen-bond acceptors (Lipinski definition) is 1. The molecule has 0 aliphatic carbocycles. The van der Waals surface area contributed by atoms with Gasteiger partial charge in [0.05, 0.1) is 20.6 Å². The van der Waals surface area contributed by atoms with Crippen molar-refractivity contribution >= 4 is 0 Å². The molecule has 1 fully saturated rings. The number of aromatic nitrogens is 1. The molecule has 0 unspecified atom stereocenters. The van der Waals surface area contributed by atoms with Crippen molar-refractivity contribution in [3.8, 4) is 0 Å². The van der Waals surface area contributed by atoms with E-state index in [9.17, 15) is 0 Å². The molecule has 0 N–H and O–H groups in total. The van der Waals surface area contributed by atoms with Crippen LogP contribution in [-0.4, -0.2) is 30.1 Å². The van der Waals surface area contributed by atoms with E-state index < -0.39 is 0 Å². The predicted molar refractivity (Wildman–Crippen MR) is 53.2 cm³/mol. The first-order valence-electron chi connectivity index (χ1n) is 4.93. The minimum Gasteiger partial charge on any atom is -0.322 e. The van der Waals surface area contributed by atoms with Crippen LogP contribution in [0.15, 0.2) is 24.5 Å². The topological polar surface area (TPSA) is 12.9 Å². The second-order valence-electron chi connectivity index (χ2n) is 4.45. The highest BCUT2D eigenvalue weighted by atomic mass is 15.3. The Morgan fingerprint density at radius 3 is 2.85 bits per heavy atom. The van der Waals surface area contributed by atoms with Crippen molar-refractivity contribution in [1.82, 2.24) is 4.98 Å². The van der Waals surface area contributed by atoms with Crippen molar-refractivity contribution in [3.63, 3.8) is 0 Å². The highest BCUT2D eigenvalue weighted by Gasteiger charge is 2.34. The molecule has 1 aliphatic rings. The van der Waals surface area contributed by atoms with Crippen molar-refractivity contribution in [1.29, 1.82) is 0 Å². The number of rotatable bonds is 1. The molecule has 1 aromatic heterocycles. The first kappa shape index (κ1) is 8.70. The van der Waals surface area contributed by atoms with Crippen LogP contribution in [-0.2, 0) is 0 Å². The van der Waals surface area contributed by atoms with Crippen LogP contribution in [0.1, 0.15) is 24.4 Å². The summed E-state index contributed by atoms with van der Waals surface area (Å²) in [5.74, 6) is 0. The Kier molecular flexibility index (Phi) is 2.08. The first-order chi connectivity index (χ1) is 6.20. The summed E-state index contributed by atoms with van der Waals surface area (Å²) in [4.78, 5) is 4.18. The van der Waals surface area contributed by atoms with Gasteiger partial charge in [-0.25, -0.2) is 0 Å². The Hall–Kier alpha value is -0.890. The molecule has 1 aromatic rings. The maximum Gasteiger partial charge on any atom is 0.116 e. The second kappa shape index (κ2) is 3.11. The number of likely N-dealkylation sites (tertiary alicyclic amines) is 1. The van der Waals surface area contributed by atoms with Gasteiger partial charge in [-0.15, -0.1) is 0 Å². The van der Waals surface area contributed by atoms with Crippen LogP contribution in [0.2, 0.25) is 0 Å². The number of pyridine rings is 1. The van der Waals surface area contributed by atoms with Crippen LogP contribution in [0, 0.1) is 0 Å². The van der Waals surface area contributed by atoms with E-state index in [1.807, 2.05) is 18.5 Å². The summed E-state index contributed by atoms with van der Waals surface area (Å²) in [6.45, 7) is 1.29. The summed E-state index contributed by atoms with van der Waals surface area (Å²) in [6.07, 6.45) is 6.50. The maximum absolute atomic E-state index is 4.18. The SMILES string of the molecule is C[N+]1(C)CCC[C@@H]1c1cccnc1. The quantitative estimate of drug-likeness (QED) is 0.598.